The summed E-state index contributed by atoms with van der Waals surface area (Å²) in [6.45, 7) is 12.1. The van der Waals surface area contributed by atoms with Crippen molar-refractivity contribution < 1.29 is 9.53 Å². The minimum Gasteiger partial charge on any atom is -0.375 e. The molecule has 4 fully saturated rings. The Hall–Kier alpha value is -0.650. The molecule has 3 saturated heterocycles. The summed E-state index contributed by atoms with van der Waals surface area (Å²) in [7, 11) is 0. The number of hydrogen-bond acceptors (Lipinski definition) is 4. The predicted octanol–water partition coefficient (Wildman–Crippen LogP) is 3.52. The zero-order valence-electron chi connectivity index (χ0n) is 18.9. The van der Waals surface area contributed by atoms with Gasteiger partial charge < -0.3 is 9.64 Å². The molecule has 5 nitrogen and oxygen atoms in total. The summed E-state index contributed by atoms with van der Waals surface area (Å²) in [5.74, 6) is 1.21. The Balaban J connectivity index is 1.23. The fraction of sp³-hybridized carbons (Fsp3) is 0.958. The van der Waals surface area contributed by atoms with E-state index in [0.717, 1.165) is 51.3 Å². The van der Waals surface area contributed by atoms with Gasteiger partial charge in [-0.15, -0.1) is 0 Å². The Morgan fingerprint density at radius 1 is 1.00 bits per heavy atom. The molecule has 29 heavy (non-hydrogen) atoms. The number of hydrogen-bond donors (Lipinski definition) is 0. The van der Waals surface area contributed by atoms with Gasteiger partial charge in [-0.3, -0.25) is 14.6 Å². The Labute approximate surface area is 178 Å². The van der Waals surface area contributed by atoms with Crippen LogP contribution < -0.4 is 0 Å². The van der Waals surface area contributed by atoms with Crippen LogP contribution >= 0.6 is 0 Å². The number of amides is 1. The third-order valence-electron chi connectivity index (χ3n) is 8.33. The number of piperidine rings is 1. The summed E-state index contributed by atoms with van der Waals surface area (Å²) in [6, 6.07) is 1.33. The molecule has 0 bridgehead atoms. The van der Waals surface area contributed by atoms with Crippen LogP contribution in [-0.2, 0) is 9.53 Å². The summed E-state index contributed by atoms with van der Waals surface area (Å²) in [4.78, 5) is 20.2. The zero-order chi connectivity index (χ0) is 20.3. The second-order valence-corrected chi connectivity index (χ2v) is 10.4. The molecule has 1 saturated carbocycles. The predicted molar refractivity (Wildman–Crippen MR) is 117 cm³/mol. The Bertz CT molecular complexity index is 530. The average Bonchev–Trinajstić information content (AvgIpc) is 3.26. The topological polar surface area (TPSA) is 36.0 Å². The third kappa shape index (κ3) is 5.34. The number of rotatable bonds is 5. The number of ether oxygens (including phenoxy) is 1. The highest BCUT2D eigenvalue weighted by atomic mass is 16.5. The quantitative estimate of drug-likeness (QED) is 0.701. The Morgan fingerprint density at radius 2 is 1.69 bits per heavy atom. The molecule has 1 aliphatic carbocycles. The molecule has 0 aromatic rings. The van der Waals surface area contributed by atoms with Crippen LogP contribution in [0.15, 0.2) is 0 Å². The van der Waals surface area contributed by atoms with E-state index < -0.39 is 0 Å². The Morgan fingerprint density at radius 3 is 2.34 bits per heavy atom. The maximum atomic E-state index is 12.7. The molecule has 3 heterocycles. The van der Waals surface area contributed by atoms with Gasteiger partial charge in [0.2, 0.25) is 5.91 Å². The lowest BCUT2D eigenvalue weighted by Crippen LogP contribution is -2.58. The first-order valence-electron chi connectivity index (χ1n) is 12.4. The summed E-state index contributed by atoms with van der Waals surface area (Å²) in [5.41, 5.74) is 0.0281. The maximum absolute atomic E-state index is 12.7. The minimum absolute atomic E-state index is 0.0281. The molecule has 0 N–H and O–H groups in total. The van der Waals surface area contributed by atoms with E-state index in [9.17, 15) is 4.79 Å². The normalized spacial score (nSPS) is 29.8. The van der Waals surface area contributed by atoms with Gasteiger partial charge in [-0.1, -0.05) is 25.7 Å². The number of likely N-dealkylation sites (tertiary alicyclic amines) is 1. The van der Waals surface area contributed by atoms with Gasteiger partial charge >= 0.3 is 0 Å². The third-order valence-corrected chi connectivity index (χ3v) is 8.33. The van der Waals surface area contributed by atoms with Gasteiger partial charge in [0.15, 0.2) is 0 Å². The lowest BCUT2D eigenvalue weighted by molar-refractivity contribution is -0.150. The molecule has 0 radical (unpaired) electrons. The van der Waals surface area contributed by atoms with Gasteiger partial charge in [-0.25, -0.2) is 0 Å². The molecule has 1 amide bonds. The van der Waals surface area contributed by atoms with Crippen LogP contribution in [0.1, 0.15) is 78.1 Å². The van der Waals surface area contributed by atoms with Crippen molar-refractivity contribution in [1.82, 2.24) is 14.7 Å². The molecule has 4 aliphatic rings. The smallest absolute Gasteiger partial charge is 0.222 e. The second-order valence-electron chi connectivity index (χ2n) is 10.4. The Kier molecular flexibility index (Phi) is 7.18. The van der Waals surface area contributed by atoms with Crippen LogP contribution in [0.2, 0.25) is 0 Å². The van der Waals surface area contributed by atoms with E-state index in [4.69, 9.17) is 4.74 Å². The fourth-order valence-electron chi connectivity index (χ4n) is 6.23. The van der Waals surface area contributed by atoms with Crippen LogP contribution in [-0.4, -0.2) is 84.2 Å². The molecule has 0 aromatic heterocycles. The van der Waals surface area contributed by atoms with Crippen molar-refractivity contribution in [3.05, 3.63) is 0 Å². The van der Waals surface area contributed by atoms with Crippen LogP contribution in [0.5, 0.6) is 0 Å². The molecule has 5 heteroatoms. The van der Waals surface area contributed by atoms with Crippen LogP contribution in [0, 0.1) is 5.92 Å². The maximum Gasteiger partial charge on any atom is 0.222 e. The fourth-order valence-corrected chi connectivity index (χ4v) is 6.23. The summed E-state index contributed by atoms with van der Waals surface area (Å²) in [6.07, 6.45) is 11.7. The first-order valence-corrected chi connectivity index (χ1v) is 12.4. The van der Waals surface area contributed by atoms with Crippen LogP contribution in [0.4, 0.5) is 0 Å². The second kappa shape index (κ2) is 9.65. The van der Waals surface area contributed by atoms with Crippen LogP contribution in [0.3, 0.4) is 0 Å². The molecular formula is C24H43N3O2. The summed E-state index contributed by atoms with van der Waals surface area (Å²) in [5, 5.41) is 0. The van der Waals surface area contributed by atoms with Gasteiger partial charge in [0.25, 0.3) is 0 Å². The molecule has 1 spiro atoms. The van der Waals surface area contributed by atoms with Crippen molar-refractivity contribution in [2.24, 2.45) is 5.92 Å². The standard InChI is InChI=1S/C24H43N3O2/c1-20(2)25-14-16-26(17-15-25)22-9-18-29-24(19-22)10-12-27(13-11-24)23(28)8-7-21-5-3-4-6-21/h20-22H,3-19H2,1-2H3. The SMILES string of the molecule is CC(C)N1CCN(C2CCOC3(CCN(C(=O)CCC4CCCC4)CC3)C2)CC1. The first-order chi connectivity index (χ1) is 14.0. The van der Waals surface area contributed by atoms with Crippen molar-refractivity contribution in [2.75, 3.05) is 45.9 Å². The van der Waals surface area contributed by atoms with E-state index in [-0.39, 0.29) is 5.60 Å². The molecule has 0 aromatic carbocycles. The minimum atomic E-state index is 0.0281. The number of carbonyl (C=O) groups is 1. The molecule has 166 valence electrons. The van der Waals surface area contributed by atoms with Crippen LogP contribution in [0.25, 0.3) is 0 Å². The van der Waals surface area contributed by atoms with Gasteiger partial charge in [-0.05, 0) is 51.9 Å². The van der Waals surface area contributed by atoms with Crippen molar-refractivity contribution >= 4 is 5.91 Å². The van der Waals surface area contributed by atoms with E-state index in [0.29, 0.717) is 18.0 Å². The highest BCUT2D eigenvalue weighted by molar-refractivity contribution is 5.76. The van der Waals surface area contributed by atoms with E-state index in [1.54, 1.807) is 0 Å². The highest BCUT2D eigenvalue weighted by Crippen LogP contribution is 2.37. The van der Waals surface area contributed by atoms with Gasteiger partial charge in [-0.2, -0.15) is 0 Å². The largest absolute Gasteiger partial charge is 0.375 e. The monoisotopic (exact) mass is 405 g/mol. The van der Waals surface area contributed by atoms with Crippen molar-refractivity contribution in [1.29, 1.82) is 0 Å². The van der Waals surface area contributed by atoms with Crippen molar-refractivity contribution in [3.8, 4) is 0 Å². The van der Waals surface area contributed by atoms with Crippen molar-refractivity contribution in [2.45, 2.75) is 95.7 Å². The average molecular weight is 406 g/mol. The number of piperazine rings is 1. The van der Waals surface area contributed by atoms with E-state index in [2.05, 4.69) is 28.5 Å². The van der Waals surface area contributed by atoms with Gasteiger partial charge in [0.1, 0.15) is 0 Å². The summed E-state index contributed by atoms with van der Waals surface area (Å²) >= 11 is 0. The summed E-state index contributed by atoms with van der Waals surface area (Å²) < 4.78 is 6.38. The molecule has 3 aliphatic heterocycles. The zero-order valence-corrected chi connectivity index (χ0v) is 18.9. The van der Waals surface area contributed by atoms with Crippen molar-refractivity contribution in [3.63, 3.8) is 0 Å². The van der Waals surface area contributed by atoms with E-state index in [1.165, 1.54) is 64.7 Å². The lowest BCUT2D eigenvalue weighted by Gasteiger charge is -2.50. The highest BCUT2D eigenvalue weighted by Gasteiger charge is 2.43. The number of nitrogens with zero attached hydrogens (tertiary/aromatic N) is 3. The molecule has 1 atom stereocenters. The van der Waals surface area contributed by atoms with E-state index >= 15 is 0 Å². The first kappa shape index (κ1) is 21.6. The van der Waals surface area contributed by atoms with Gasteiger partial charge in [0.05, 0.1) is 5.60 Å². The lowest BCUT2D eigenvalue weighted by atomic mass is 9.81. The molecule has 1 unspecified atom stereocenters. The molecular weight excluding hydrogens is 362 g/mol. The number of carbonyl (C=O) groups excluding carboxylic acids is 1. The van der Waals surface area contributed by atoms with E-state index in [1.807, 2.05) is 0 Å². The molecule has 4 rings (SSSR count). The van der Waals surface area contributed by atoms with Gasteiger partial charge in [0, 0.05) is 64.4 Å².